The second kappa shape index (κ2) is 6.63. The number of carbonyl (C=O) groups excluding carboxylic acids is 1. The van der Waals surface area contributed by atoms with Gasteiger partial charge in [0, 0.05) is 17.8 Å². The fraction of sp³-hybridized carbons (Fsp3) is 0.118. The number of pyridine rings is 1. The third-order valence-electron chi connectivity index (χ3n) is 3.62. The highest BCUT2D eigenvalue weighted by Gasteiger charge is 2.11. The lowest BCUT2D eigenvalue weighted by Crippen LogP contribution is -2.21. The molecule has 0 saturated heterocycles. The molecule has 4 rings (SSSR count). The maximum Gasteiger partial charge on any atom is 0.258 e. The maximum absolute atomic E-state index is 11.9. The Labute approximate surface area is 147 Å². The zero-order valence-electron chi connectivity index (χ0n) is 13.8. The van der Waals surface area contributed by atoms with E-state index in [0.29, 0.717) is 28.9 Å². The topological polar surface area (TPSA) is 111 Å². The standard InChI is InChI=1S/C17H14N6O3/c1-11-19-17(26-22-11)12-6-7-23-14(9-12)20-21-15(23)10-18-16(24)5-4-13-3-2-8-25-13/h2-9H,10H2,1H3,(H,18,24)/b5-4+. The van der Waals surface area contributed by atoms with Gasteiger partial charge in [-0.25, -0.2) is 0 Å². The van der Waals surface area contributed by atoms with Crippen LogP contribution >= 0.6 is 0 Å². The summed E-state index contributed by atoms with van der Waals surface area (Å²) in [5, 5.41) is 14.8. The van der Waals surface area contributed by atoms with Crippen LogP contribution in [0.3, 0.4) is 0 Å². The smallest absolute Gasteiger partial charge is 0.258 e. The minimum absolute atomic E-state index is 0.238. The predicted molar refractivity (Wildman–Crippen MR) is 90.6 cm³/mol. The van der Waals surface area contributed by atoms with Gasteiger partial charge in [0.1, 0.15) is 5.76 Å². The molecule has 0 unspecified atom stereocenters. The van der Waals surface area contributed by atoms with Crippen LogP contribution in [-0.4, -0.2) is 30.6 Å². The van der Waals surface area contributed by atoms with E-state index in [-0.39, 0.29) is 12.5 Å². The lowest BCUT2D eigenvalue weighted by Gasteiger charge is -2.02. The molecule has 0 aliphatic rings. The van der Waals surface area contributed by atoms with Crippen LogP contribution in [0.5, 0.6) is 0 Å². The lowest BCUT2D eigenvalue weighted by atomic mass is 10.2. The summed E-state index contributed by atoms with van der Waals surface area (Å²) in [6.07, 6.45) is 6.34. The fourth-order valence-corrected chi connectivity index (χ4v) is 2.38. The molecule has 4 aromatic rings. The molecular weight excluding hydrogens is 336 g/mol. The minimum atomic E-state index is -0.254. The third-order valence-corrected chi connectivity index (χ3v) is 3.62. The Bertz CT molecular complexity index is 1080. The number of hydrogen-bond donors (Lipinski definition) is 1. The van der Waals surface area contributed by atoms with Gasteiger partial charge in [-0.3, -0.25) is 9.20 Å². The van der Waals surface area contributed by atoms with Gasteiger partial charge in [0.25, 0.3) is 5.89 Å². The van der Waals surface area contributed by atoms with Crippen LogP contribution in [0.2, 0.25) is 0 Å². The van der Waals surface area contributed by atoms with E-state index >= 15 is 0 Å². The normalized spacial score (nSPS) is 11.4. The van der Waals surface area contributed by atoms with Gasteiger partial charge in [0.2, 0.25) is 5.91 Å². The summed E-state index contributed by atoms with van der Waals surface area (Å²) in [4.78, 5) is 16.1. The van der Waals surface area contributed by atoms with Crippen molar-refractivity contribution in [2.24, 2.45) is 0 Å². The van der Waals surface area contributed by atoms with Crippen molar-refractivity contribution in [3.63, 3.8) is 0 Å². The lowest BCUT2D eigenvalue weighted by molar-refractivity contribution is -0.116. The van der Waals surface area contributed by atoms with Gasteiger partial charge in [0.15, 0.2) is 17.3 Å². The van der Waals surface area contributed by atoms with Gasteiger partial charge >= 0.3 is 0 Å². The Morgan fingerprint density at radius 1 is 1.35 bits per heavy atom. The van der Waals surface area contributed by atoms with E-state index < -0.39 is 0 Å². The van der Waals surface area contributed by atoms with Crippen molar-refractivity contribution in [1.29, 1.82) is 0 Å². The number of fused-ring (bicyclic) bond motifs is 1. The van der Waals surface area contributed by atoms with E-state index in [9.17, 15) is 4.79 Å². The first-order valence-corrected chi connectivity index (χ1v) is 7.83. The number of furan rings is 1. The number of aryl methyl sites for hydroxylation is 1. The monoisotopic (exact) mass is 350 g/mol. The molecule has 0 spiro atoms. The molecule has 0 radical (unpaired) electrons. The van der Waals surface area contributed by atoms with E-state index in [2.05, 4.69) is 25.7 Å². The highest BCUT2D eigenvalue weighted by Crippen LogP contribution is 2.18. The molecule has 4 heterocycles. The largest absolute Gasteiger partial charge is 0.465 e. The molecular formula is C17H14N6O3. The molecule has 4 aromatic heterocycles. The van der Waals surface area contributed by atoms with E-state index in [1.807, 2.05) is 6.07 Å². The van der Waals surface area contributed by atoms with Crippen LogP contribution in [-0.2, 0) is 11.3 Å². The molecule has 0 atom stereocenters. The Hall–Kier alpha value is -3.75. The van der Waals surface area contributed by atoms with Gasteiger partial charge in [-0.2, -0.15) is 4.98 Å². The average Bonchev–Trinajstić information content (AvgIpc) is 3.38. The van der Waals surface area contributed by atoms with Crippen molar-refractivity contribution >= 4 is 17.6 Å². The summed E-state index contributed by atoms with van der Waals surface area (Å²) in [7, 11) is 0. The summed E-state index contributed by atoms with van der Waals surface area (Å²) < 4.78 is 12.1. The molecule has 0 saturated carbocycles. The highest BCUT2D eigenvalue weighted by molar-refractivity contribution is 5.91. The number of carbonyl (C=O) groups is 1. The number of hydrogen-bond acceptors (Lipinski definition) is 7. The van der Waals surface area contributed by atoms with Gasteiger partial charge in [-0.1, -0.05) is 5.16 Å². The van der Waals surface area contributed by atoms with Crippen molar-refractivity contribution in [3.8, 4) is 11.5 Å². The van der Waals surface area contributed by atoms with Crippen molar-refractivity contribution < 1.29 is 13.7 Å². The van der Waals surface area contributed by atoms with Gasteiger partial charge in [-0.15, -0.1) is 10.2 Å². The Balaban J connectivity index is 1.46. The molecule has 1 amide bonds. The maximum atomic E-state index is 11.9. The second-order valence-electron chi connectivity index (χ2n) is 5.47. The van der Waals surface area contributed by atoms with Crippen LogP contribution in [0.4, 0.5) is 0 Å². The fourth-order valence-electron chi connectivity index (χ4n) is 2.38. The minimum Gasteiger partial charge on any atom is -0.465 e. The molecule has 0 aromatic carbocycles. The van der Waals surface area contributed by atoms with Crippen molar-refractivity contribution in [3.05, 3.63) is 60.2 Å². The molecule has 26 heavy (non-hydrogen) atoms. The Morgan fingerprint density at radius 3 is 3.04 bits per heavy atom. The first kappa shape index (κ1) is 15.8. The van der Waals surface area contributed by atoms with Gasteiger partial charge in [0.05, 0.1) is 12.8 Å². The van der Waals surface area contributed by atoms with Crippen LogP contribution in [0, 0.1) is 6.92 Å². The van der Waals surface area contributed by atoms with Gasteiger partial charge < -0.3 is 14.3 Å². The van der Waals surface area contributed by atoms with Crippen molar-refractivity contribution in [2.45, 2.75) is 13.5 Å². The van der Waals surface area contributed by atoms with Crippen molar-refractivity contribution in [1.82, 2.24) is 30.1 Å². The van der Waals surface area contributed by atoms with Crippen LogP contribution in [0.25, 0.3) is 23.2 Å². The second-order valence-corrected chi connectivity index (χ2v) is 5.47. The number of aromatic nitrogens is 5. The van der Waals surface area contributed by atoms with E-state index in [0.717, 1.165) is 5.56 Å². The van der Waals surface area contributed by atoms with Gasteiger partial charge in [-0.05, 0) is 37.3 Å². The first-order valence-electron chi connectivity index (χ1n) is 7.83. The number of nitrogens with one attached hydrogen (secondary N) is 1. The summed E-state index contributed by atoms with van der Waals surface area (Å²) in [6.45, 7) is 1.99. The van der Waals surface area contributed by atoms with Crippen LogP contribution < -0.4 is 5.32 Å². The van der Waals surface area contributed by atoms with Crippen LogP contribution in [0.15, 0.2) is 51.7 Å². The first-order chi connectivity index (χ1) is 12.7. The average molecular weight is 350 g/mol. The number of amides is 1. The van der Waals surface area contributed by atoms with Crippen LogP contribution in [0.1, 0.15) is 17.4 Å². The quantitative estimate of drug-likeness (QED) is 0.548. The van der Waals surface area contributed by atoms with E-state index in [4.69, 9.17) is 8.94 Å². The van der Waals surface area contributed by atoms with E-state index in [1.54, 1.807) is 48.1 Å². The SMILES string of the molecule is Cc1noc(-c2ccn3c(CNC(=O)/C=C/c4ccco4)nnc3c2)n1. The molecule has 9 nitrogen and oxygen atoms in total. The van der Waals surface area contributed by atoms with E-state index in [1.165, 1.54) is 6.08 Å². The molecule has 0 aliphatic heterocycles. The summed E-state index contributed by atoms with van der Waals surface area (Å²) in [6, 6.07) is 7.13. The zero-order valence-corrected chi connectivity index (χ0v) is 13.8. The Kier molecular flexibility index (Phi) is 4.02. The predicted octanol–water partition coefficient (Wildman–Crippen LogP) is 2.01. The molecule has 1 N–H and O–H groups in total. The molecule has 130 valence electrons. The highest BCUT2D eigenvalue weighted by atomic mass is 16.5. The number of nitrogens with zero attached hydrogens (tertiary/aromatic N) is 5. The molecule has 0 bridgehead atoms. The molecule has 0 aliphatic carbocycles. The Morgan fingerprint density at radius 2 is 2.27 bits per heavy atom. The zero-order chi connectivity index (χ0) is 17.9. The van der Waals surface area contributed by atoms with Crippen molar-refractivity contribution in [2.75, 3.05) is 0 Å². The molecule has 0 fully saturated rings. The summed E-state index contributed by atoms with van der Waals surface area (Å²) >= 11 is 0. The summed E-state index contributed by atoms with van der Waals surface area (Å²) in [5.41, 5.74) is 1.37. The summed E-state index contributed by atoms with van der Waals surface area (Å²) in [5.74, 6) is 1.94. The molecule has 9 heteroatoms. The number of rotatable bonds is 5. The third kappa shape index (κ3) is 3.22.